The molecule has 0 radical (unpaired) electrons. The molecule has 0 aliphatic heterocycles. The Morgan fingerprint density at radius 1 is 1.00 bits per heavy atom. The molecule has 3 rings (SSSR count). The summed E-state index contributed by atoms with van der Waals surface area (Å²) in [5.74, 6) is 0.497. The molecular formula is C21H28N2O. The van der Waals surface area contributed by atoms with E-state index in [1.807, 2.05) is 12.4 Å². The van der Waals surface area contributed by atoms with Crippen LogP contribution in [0.4, 0.5) is 0 Å². The van der Waals surface area contributed by atoms with E-state index in [0.29, 0.717) is 5.92 Å². The van der Waals surface area contributed by atoms with Crippen LogP contribution in [0.2, 0.25) is 0 Å². The van der Waals surface area contributed by atoms with Crippen LogP contribution >= 0.6 is 0 Å². The van der Waals surface area contributed by atoms with E-state index < -0.39 is 0 Å². The molecule has 2 N–H and O–H groups in total. The van der Waals surface area contributed by atoms with Crippen molar-refractivity contribution in [1.82, 2.24) is 10.3 Å². The maximum atomic E-state index is 10.1. The average molecular weight is 324 g/mol. The Labute approximate surface area is 145 Å². The number of rotatable bonds is 7. The topological polar surface area (TPSA) is 45.1 Å². The van der Waals surface area contributed by atoms with E-state index in [2.05, 4.69) is 52.8 Å². The van der Waals surface area contributed by atoms with E-state index >= 15 is 0 Å². The van der Waals surface area contributed by atoms with Gasteiger partial charge in [0, 0.05) is 12.4 Å². The average Bonchev–Trinajstić information content (AvgIpc) is 2.64. The first-order valence-corrected chi connectivity index (χ1v) is 9.21. The molecule has 0 saturated heterocycles. The lowest BCUT2D eigenvalue weighted by Gasteiger charge is -2.28. The summed E-state index contributed by atoms with van der Waals surface area (Å²) in [4.78, 5) is 4.13. The second kappa shape index (κ2) is 8.95. The highest BCUT2D eigenvalue weighted by atomic mass is 16.3. The number of aliphatic hydroxyl groups excluding tert-OH is 1. The largest absolute Gasteiger partial charge is 0.393 e. The fourth-order valence-corrected chi connectivity index (χ4v) is 3.77. The van der Waals surface area contributed by atoms with Gasteiger partial charge in [0.05, 0.1) is 12.1 Å². The zero-order chi connectivity index (χ0) is 16.6. The van der Waals surface area contributed by atoms with Gasteiger partial charge < -0.3 is 10.4 Å². The summed E-state index contributed by atoms with van der Waals surface area (Å²) in [5.41, 5.74) is 2.52. The summed E-state index contributed by atoms with van der Waals surface area (Å²) in [6, 6.07) is 14.9. The van der Waals surface area contributed by atoms with Crippen molar-refractivity contribution in [3.05, 3.63) is 66.0 Å². The Kier molecular flexibility index (Phi) is 6.39. The van der Waals surface area contributed by atoms with Crippen molar-refractivity contribution < 1.29 is 5.11 Å². The van der Waals surface area contributed by atoms with Crippen molar-refractivity contribution in [1.29, 1.82) is 0 Å². The van der Waals surface area contributed by atoms with Gasteiger partial charge in [0.1, 0.15) is 0 Å². The Bertz CT molecular complexity index is 548. The highest BCUT2D eigenvalue weighted by Crippen LogP contribution is 2.28. The molecule has 1 saturated carbocycles. The minimum absolute atomic E-state index is 0.0798. The van der Waals surface area contributed by atoms with Crippen LogP contribution in [0.15, 0.2) is 54.9 Å². The van der Waals surface area contributed by atoms with Gasteiger partial charge in [0.15, 0.2) is 0 Å². The number of pyridine rings is 1. The highest BCUT2D eigenvalue weighted by molar-refractivity contribution is 5.30. The van der Waals surface area contributed by atoms with E-state index in [4.69, 9.17) is 0 Å². The third-order valence-electron chi connectivity index (χ3n) is 5.14. The summed E-state index contributed by atoms with van der Waals surface area (Å²) >= 11 is 0. The molecular weight excluding hydrogens is 296 g/mol. The summed E-state index contributed by atoms with van der Waals surface area (Å²) in [6.07, 6.45) is 10.5. The predicted molar refractivity (Wildman–Crippen MR) is 97.7 cm³/mol. The third kappa shape index (κ3) is 4.65. The van der Waals surface area contributed by atoms with E-state index in [9.17, 15) is 5.11 Å². The zero-order valence-corrected chi connectivity index (χ0v) is 14.3. The van der Waals surface area contributed by atoms with Crippen molar-refractivity contribution in [2.24, 2.45) is 5.92 Å². The summed E-state index contributed by atoms with van der Waals surface area (Å²) in [5, 5.41) is 13.8. The van der Waals surface area contributed by atoms with Crippen molar-refractivity contribution in [3.63, 3.8) is 0 Å². The predicted octanol–water partition coefficient (Wildman–Crippen LogP) is 4.09. The molecule has 128 valence electrons. The van der Waals surface area contributed by atoms with Gasteiger partial charge in [0.2, 0.25) is 0 Å². The smallest absolute Gasteiger partial charge is 0.0577 e. The first-order chi connectivity index (χ1) is 11.8. The van der Waals surface area contributed by atoms with Crippen molar-refractivity contribution in [2.45, 2.75) is 50.7 Å². The molecule has 1 aliphatic carbocycles. The summed E-state index contributed by atoms with van der Waals surface area (Å²) in [6.45, 7) is 0.963. The Morgan fingerprint density at radius 2 is 1.71 bits per heavy atom. The SMILES string of the molecule is OC1CCCCC1CCCNC(c1ccccc1)c1ccncc1. The molecule has 1 fully saturated rings. The van der Waals surface area contributed by atoms with Crippen LogP contribution in [0.5, 0.6) is 0 Å². The molecule has 0 amide bonds. The first-order valence-electron chi connectivity index (χ1n) is 9.21. The molecule has 1 aromatic heterocycles. The maximum Gasteiger partial charge on any atom is 0.0577 e. The molecule has 2 aromatic rings. The Hall–Kier alpha value is -1.71. The monoisotopic (exact) mass is 324 g/mol. The molecule has 3 unspecified atom stereocenters. The minimum atomic E-state index is -0.0798. The first kappa shape index (κ1) is 17.1. The van der Waals surface area contributed by atoms with E-state index in [1.165, 1.54) is 30.4 Å². The van der Waals surface area contributed by atoms with Crippen LogP contribution in [0.25, 0.3) is 0 Å². The van der Waals surface area contributed by atoms with Gasteiger partial charge in [-0.2, -0.15) is 0 Å². The number of nitrogens with one attached hydrogen (secondary N) is 1. The van der Waals surface area contributed by atoms with Gasteiger partial charge in [0.25, 0.3) is 0 Å². The number of nitrogens with zero attached hydrogens (tertiary/aromatic N) is 1. The molecule has 0 spiro atoms. The van der Waals surface area contributed by atoms with Gasteiger partial charge in [-0.05, 0) is 61.4 Å². The van der Waals surface area contributed by atoms with Crippen molar-refractivity contribution >= 4 is 0 Å². The number of aromatic nitrogens is 1. The van der Waals surface area contributed by atoms with Gasteiger partial charge in [-0.1, -0.05) is 43.2 Å². The van der Waals surface area contributed by atoms with Gasteiger partial charge in [-0.15, -0.1) is 0 Å². The minimum Gasteiger partial charge on any atom is -0.393 e. The lowest BCUT2D eigenvalue weighted by molar-refractivity contribution is 0.0642. The molecule has 1 heterocycles. The van der Waals surface area contributed by atoms with E-state index in [-0.39, 0.29) is 12.1 Å². The summed E-state index contributed by atoms with van der Waals surface area (Å²) in [7, 11) is 0. The maximum absolute atomic E-state index is 10.1. The van der Waals surface area contributed by atoms with E-state index in [1.54, 1.807) is 0 Å². The molecule has 3 nitrogen and oxygen atoms in total. The van der Waals surface area contributed by atoms with Gasteiger partial charge >= 0.3 is 0 Å². The zero-order valence-electron chi connectivity index (χ0n) is 14.3. The van der Waals surface area contributed by atoms with Crippen molar-refractivity contribution in [3.8, 4) is 0 Å². The Morgan fingerprint density at radius 3 is 2.46 bits per heavy atom. The second-order valence-electron chi connectivity index (χ2n) is 6.83. The normalized spacial score (nSPS) is 22.2. The lowest BCUT2D eigenvalue weighted by Crippen LogP contribution is -2.27. The molecule has 3 atom stereocenters. The van der Waals surface area contributed by atoms with Crippen LogP contribution in [0.3, 0.4) is 0 Å². The Balaban J connectivity index is 1.57. The second-order valence-corrected chi connectivity index (χ2v) is 6.83. The molecule has 3 heteroatoms. The summed E-state index contributed by atoms with van der Waals surface area (Å²) < 4.78 is 0. The van der Waals surface area contributed by atoms with Crippen LogP contribution in [0.1, 0.15) is 55.7 Å². The van der Waals surface area contributed by atoms with Crippen molar-refractivity contribution in [2.75, 3.05) is 6.54 Å². The lowest BCUT2D eigenvalue weighted by atomic mass is 9.83. The standard InChI is InChI=1S/C21H28N2O/c24-20-11-5-4-7-17(20)10-6-14-23-21(18-8-2-1-3-9-18)19-12-15-22-16-13-19/h1-3,8-9,12-13,15-17,20-21,23-24H,4-7,10-11,14H2. The fourth-order valence-electron chi connectivity index (χ4n) is 3.77. The van der Waals surface area contributed by atoms with Crippen LogP contribution in [0, 0.1) is 5.92 Å². The highest BCUT2D eigenvalue weighted by Gasteiger charge is 2.22. The molecule has 0 bridgehead atoms. The van der Waals surface area contributed by atoms with Crippen LogP contribution in [-0.4, -0.2) is 22.7 Å². The van der Waals surface area contributed by atoms with E-state index in [0.717, 1.165) is 25.8 Å². The number of benzene rings is 1. The quantitative estimate of drug-likeness (QED) is 0.754. The molecule has 24 heavy (non-hydrogen) atoms. The van der Waals surface area contributed by atoms with Crippen LogP contribution in [-0.2, 0) is 0 Å². The third-order valence-corrected chi connectivity index (χ3v) is 5.14. The molecule has 1 aliphatic rings. The fraction of sp³-hybridized carbons (Fsp3) is 0.476. The molecule has 1 aromatic carbocycles. The number of aliphatic hydroxyl groups is 1. The van der Waals surface area contributed by atoms with Gasteiger partial charge in [-0.25, -0.2) is 0 Å². The van der Waals surface area contributed by atoms with Crippen LogP contribution < -0.4 is 5.32 Å². The number of hydrogen-bond acceptors (Lipinski definition) is 3. The number of hydrogen-bond donors (Lipinski definition) is 2. The van der Waals surface area contributed by atoms with Gasteiger partial charge in [-0.3, -0.25) is 4.98 Å².